The molecule has 2 heterocycles. The van der Waals surface area contributed by atoms with Crippen molar-refractivity contribution in [2.45, 2.75) is 13.5 Å². The summed E-state index contributed by atoms with van der Waals surface area (Å²) in [6, 6.07) is 0. The molecule has 0 atom stereocenters. The summed E-state index contributed by atoms with van der Waals surface area (Å²) in [5.41, 5.74) is 0.469. The maximum Gasteiger partial charge on any atom is 0.271 e. The van der Waals surface area contributed by atoms with Crippen molar-refractivity contribution < 1.29 is 4.79 Å². The van der Waals surface area contributed by atoms with Crippen molar-refractivity contribution in [1.82, 2.24) is 19.9 Å². The van der Waals surface area contributed by atoms with Gasteiger partial charge in [0, 0.05) is 24.8 Å². The Morgan fingerprint density at radius 2 is 2.44 bits per heavy atom. The second-order valence-electron chi connectivity index (χ2n) is 3.39. The van der Waals surface area contributed by atoms with E-state index in [0.29, 0.717) is 12.2 Å². The number of aromatic nitrogens is 3. The number of hydrogen-bond acceptors (Lipinski definition) is 4. The molecule has 0 fully saturated rings. The second-order valence-corrected chi connectivity index (χ2v) is 4.45. The van der Waals surface area contributed by atoms with E-state index in [0.717, 1.165) is 10.8 Å². The Morgan fingerprint density at radius 3 is 3.00 bits per heavy atom. The lowest BCUT2D eigenvalue weighted by molar-refractivity contribution is 0.0945. The largest absolute Gasteiger partial charge is 0.343 e. The second kappa shape index (κ2) is 4.44. The van der Waals surface area contributed by atoms with Crippen LogP contribution in [0.1, 0.15) is 21.3 Å². The number of nitrogens with one attached hydrogen (secondary N) is 1. The maximum absolute atomic E-state index is 11.7. The van der Waals surface area contributed by atoms with Crippen molar-refractivity contribution >= 4 is 17.2 Å². The molecule has 0 aliphatic carbocycles. The third-order valence-corrected chi connectivity index (χ3v) is 2.95. The van der Waals surface area contributed by atoms with E-state index < -0.39 is 0 Å². The van der Waals surface area contributed by atoms with Crippen LogP contribution in [0, 0.1) is 6.92 Å². The molecule has 1 amide bonds. The summed E-state index contributed by atoms with van der Waals surface area (Å²) in [6.45, 7) is 2.29. The van der Waals surface area contributed by atoms with E-state index in [1.165, 1.54) is 11.3 Å². The standard InChI is InChI=1S/C10H12N4OS/c1-7-13-8(6-16-7)10(15)12-5-9-11-3-4-14(9)2/h3-4,6H,5H2,1-2H3,(H,12,15). The fourth-order valence-electron chi connectivity index (χ4n) is 1.28. The highest BCUT2D eigenvalue weighted by Crippen LogP contribution is 2.07. The number of aryl methyl sites for hydroxylation is 2. The fraction of sp³-hybridized carbons (Fsp3) is 0.300. The minimum Gasteiger partial charge on any atom is -0.343 e. The van der Waals surface area contributed by atoms with Crippen LogP contribution in [-0.2, 0) is 13.6 Å². The van der Waals surface area contributed by atoms with Gasteiger partial charge in [-0.2, -0.15) is 0 Å². The minimum atomic E-state index is -0.160. The lowest BCUT2D eigenvalue weighted by Gasteiger charge is -2.02. The van der Waals surface area contributed by atoms with Crippen LogP contribution in [0.25, 0.3) is 0 Å². The van der Waals surface area contributed by atoms with Crippen LogP contribution in [0.3, 0.4) is 0 Å². The van der Waals surface area contributed by atoms with E-state index in [9.17, 15) is 4.79 Å². The molecule has 2 aromatic heterocycles. The third-order valence-electron chi connectivity index (χ3n) is 2.18. The summed E-state index contributed by atoms with van der Waals surface area (Å²) >= 11 is 1.47. The number of rotatable bonds is 3. The molecule has 1 N–H and O–H groups in total. The van der Waals surface area contributed by atoms with Crippen molar-refractivity contribution in [2.24, 2.45) is 7.05 Å². The van der Waals surface area contributed by atoms with Gasteiger partial charge >= 0.3 is 0 Å². The predicted molar refractivity (Wildman–Crippen MR) is 61.2 cm³/mol. The first-order valence-electron chi connectivity index (χ1n) is 4.83. The highest BCUT2D eigenvalue weighted by molar-refractivity contribution is 7.09. The molecule has 0 bridgehead atoms. The molecular weight excluding hydrogens is 224 g/mol. The van der Waals surface area contributed by atoms with Gasteiger partial charge in [0.1, 0.15) is 11.5 Å². The number of carbonyl (C=O) groups is 1. The number of nitrogens with zero attached hydrogens (tertiary/aromatic N) is 3. The summed E-state index contributed by atoms with van der Waals surface area (Å²) in [7, 11) is 1.89. The number of hydrogen-bond donors (Lipinski definition) is 1. The molecule has 0 radical (unpaired) electrons. The fourth-order valence-corrected chi connectivity index (χ4v) is 1.88. The lowest BCUT2D eigenvalue weighted by Crippen LogP contribution is -2.24. The van der Waals surface area contributed by atoms with E-state index in [2.05, 4.69) is 15.3 Å². The summed E-state index contributed by atoms with van der Waals surface area (Å²) in [5, 5.41) is 5.42. The van der Waals surface area contributed by atoms with Gasteiger partial charge in [-0.15, -0.1) is 11.3 Å². The van der Waals surface area contributed by atoms with E-state index in [4.69, 9.17) is 0 Å². The molecule has 0 unspecified atom stereocenters. The summed E-state index contributed by atoms with van der Waals surface area (Å²) < 4.78 is 1.87. The highest BCUT2D eigenvalue weighted by atomic mass is 32.1. The molecule has 16 heavy (non-hydrogen) atoms. The van der Waals surface area contributed by atoms with Gasteiger partial charge in [0.05, 0.1) is 11.6 Å². The predicted octanol–water partition coefficient (Wildman–Crippen LogP) is 1.12. The quantitative estimate of drug-likeness (QED) is 0.868. The molecule has 0 aromatic carbocycles. The summed E-state index contributed by atoms with van der Waals surface area (Å²) in [6.07, 6.45) is 3.54. The zero-order valence-electron chi connectivity index (χ0n) is 9.10. The normalized spacial score (nSPS) is 10.4. The van der Waals surface area contributed by atoms with Crippen molar-refractivity contribution in [1.29, 1.82) is 0 Å². The molecule has 5 nitrogen and oxygen atoms in total. The SMILES string of the molecule is Cc1nc(C(=O)NCc2nccn2C)cs1. The van der Waals surface area contributed by atoms with E-state index in [1.807, 2.05) is 24.7 Å². The average molecular weight is 236 g/mol. The Bertz CT molecular complexity index is 502. The van der Waals surface area contributed by atoms with Gasteiger partial charge in [-0.1, -0.05) is 0 Å². The van der Waals surface area contributed by atoms with Gasteiger partial charge in [-0.25, -0.2) is 9.97 Å². The van der Waals surface area contributed by atoms with E-state index in [1.54, 1.807) is 11.6 Å². The number of amides is 1. The Balaban J connectivity index is 1.96. The molecule has 2 rings (SSSR count). The van der Waals surface area contributed by atoms with Crippen molar-refractivity contribution in [2.75, 3.05) is 0 Å². The van der Waals surface area contributed by atoms with Crippen LogP contribution in [-0.4, -0.2) is 20.4 Å². The van der Waals surface area contributed by atoms with Crippen LogP contribution in [0.2, 0.25) is 0 Å². The Hall–Kier alpha value is -1.69. The molecule has 84 valence electrons. The zero-order valence-corrected chi connectivity index (χ0v) is 9.91. The smallest absolute Gasteiger partial charge is 0.271 e. The van der Waals surface area contributed by atoms with Gasteiger partial charge in [-0.3, -0.25) is 4.79 Å². The van der Waals surface area contributed by atoms with Crippen LogP contribution < -0.4 is 5.32 Å². The van der Waals surface area contributed by atoms with Crippen molar-refractivity contribution in [3.8, 4) is 0 Å². The van der Waals surface area contributed by atoms with Crippen LogP contribution in [0.15, 0.2) is 17.8 Å². The van der Waals surface area contributed by atoms with Gasteiger partial charge < -0.3 is 9.88 Å². The summed E-state index contributed by atoms with van der Waals surface area (Å²) in [5.74, 6) is 0.660. The number of carbonyl (C=O) groups excluding carboxylic acids is 1. The molecule has 0 spiro atoms. The number of thiazole rings is 1. The Kier molecular flexibility index (Phi) is 3.00. The van der Waals surface area contributed by atoms with E-state index >= 15 is 0 Å². The maximum atomic E-state index is 11.7. The molecule has 0 aliphatic rings. The zero-order chi connectivity index (χ0) is 11.5. The average Bonchev–Trinajstić information content (AvgIpc) is 2.84. The van der Waals surface area contributed by atoms with Gasteiger partial charge in [0.25, 0.3) is 5.91 Å². The third kappa shape index (κ3) is 2.27. The van der Waals surface area contributed by atoms with Crippen molar-refractivity contribution in [3.63, 3.8) is 0 Å². The molecule has 0 aliphatic heterocycles. The van der Waals surface area contributed by atoms with Gasteiger partial charge in [0.15, 0.2) is 0 Å². The van der Waals surface area contributed by atoms with E-state index in [-0.39, 0.29) is 5.91 Å². The molecule has 2 aromatic rings. The first-order valence-corrected chi connectivity index (χ1v) is 5.71. The summed E-state index contributed by atoms with van der Waals surface area (Å²) in [4.78, 5) is 19.9. The first kappa shape index (κ1) is 10.8. The highest BCUT2D eigenvalue weighted by Gasteiger charge is 2.09. The first-order chi connectivity index (χ1) is 7.66. The molecule has 0 saturated heterocycles. The minimum absolute atomic E-state index is 0.160. The van der Waals surface area contributed by atoms with Crippen molar-refractivity contribution in [3.05, 3.63) is 34.3 Å². The Labute approximate surface area is 97.2 Å². The number of imidazole rings is 1. The van der Waals surface area contributed by atoms with Crippen LogP contribution in [0.4, 0.5) is 0 Å². The van der Waals surface area contributed by atoms with Crippen LogP contribution in [0.5, 0.6) is 0 Å². The monoisotopic (exact) mass is 236 g/mol. The lowest BCUT2D eigenvalue weighted by atomic mass is 10.4. The molecular formula is C10H12N4OS. The molecule has 6 heteroatoms. The topological polar surface area (TPSA) is 59.8 Å². The molecule has 0 saturated carbocycles. The Morgan fingerprint density at radius 1 is 1.62 bits per heavy atom. The van der Waals surface area contributed by atoms with Gasteiger partial charge in [0.2, 0.25) is 0 Å². The van der Waals surface area contributed by atoms with Crippen LogP contribution >= 0.6 is 11.3 Å². The van der Waals surface area contributed by atoms with Gasteiger partial charge in [-0.05, 0) is 6.92 Å².